The van der Waals surface area contributed by atoms with Crippen LogP contribution in [0.3, 0.4) is 0 Å². The molecule has 1 saturated heterocycles. The lowest BCUT2D eigenvalue weighted by atomic mass is 10.1. The van der Waals surface area contributed by atoms with Gasteiger partial charge in [0.05, 0.1) is 0 Å². The predicted octanol–water partition coefficient (Wildman–Crippen LogP) is 2.69. The highest BCUT2D eigenvalue weighted by molar-refractivity contribution is 7.98. The Kier molecular flexibility index (Phi) is 5.94. The number of rotatable bonds is 5. The molecular weight excluding hydrogens is 330 g/mol. The number of thioether (sulfide) groups is 1. The zero-order valence-electron chi connectivity index (χ0n) is 14.6. The van der Waals surface area contributed by atoms with Crippen LogP contribution in [-0.2, 0) is 12.3 Å². The Labute approximate surface area is 153 Å². The van der Waals surface area contributed by atoms with Crippen molar-refractivity contribution in [3.05, 3.63) is 59.3 Å². The number of nitrogens with one attached hydrogen (secondary N) is 1. The largest absolute Gasteiger partial charge is 0.370 e. The van der Waals surface area contributed by atoms with E-state index in [9.17, 15) is 0 Å². The Morgan fingerprint density at radius 2 is 1.84 bits per heavy atom. The van der Waals surface area contributed by atoms with Gasteiger partial charge in [-0.3, -0.25) is 10.3 Å². The van der Waals surface area contributed by atoms with Gasteiger partial charge in [-0.05, 0) is 29.7 Å². The average Bonchev–Trinajstić information content (AvgIpc) is 2.62. The number of hydrogen-bond donors (Lipinski definition) is 2. The summed E-state index contributed by atoms with van der Waals surface area (Å²) < 4.78 is 0. The number of hydrogen-bond acceptors (Lipinski definition) is 4. The van der Waals surface area contributed by atoms with Crippen molar-refractivity contribution in [3.63, 3.8) is 0 Å². The van der Waals surface area contributed by atoms with Gasteiger partial charge in [0, 0.05) is 44.7 Å². The van der Waals surface area contributed by atoms with Gasteiger partial charge in [0.25, 0.3) is 0 Å². The molecule has 0 saturated carbocycles. The van der Waals surface area contributed by atoms with E-state index in [1.807, 2.05) is 17.2 Å². The highest BCUT2D eigenvalue weighted by atomic mass is 32.2. The van der Waals surface area contributed by atoms with E-state index >= 15 is 0 Å². The topological polar surface area (TPSA) is 69.2 Å². The normalized spacial score (nSPS) is 15.3. The third-order valence-electron chi connectivity index (χ3n) is 4.58. The summed E-state index contributed by atoms with van der Waals surface area (Å²) in [6.07, 6.45) is 1.87. The first-order valence-electron chi connectivity index (χ1n) is 8.56. The number of pyridine rings is 1. The predicted molar refractivity (Wildman–Crippen MR) is 104 cm³/mol. The van der Waals surface area contributed by atoms with E-state index in [1.165, 1.54) is 16.7 Å². The second-order valence-corrected chi connectivity index (χ2v) is 7.30. The van der Waals surface area contributed by atoms with Crippen LogP contribution in [0, 0.1) is 12.3 Å². The lowest BCUT2D eigenvalue weighted by molar-refractivity contribution is 0.172. The van der Waals surface area contributed by atoms with Crippen LogP contribution < -0.4 is 5.73 Å². The van der Waals surface area contributed by atoms with Crippen LogP contribution in [0.4, 0.5) is 0 Å². The van der Waals surface area contributed by atoms with Crippen LogP contribution in [0.15, 0.2) is 47.6 Å². The maximum Gasteiger partial charge on any atom is 0.188 e. The number of piperazine rings is 1. The molecule has 0 atom stereocenters. The van der Waals surface area contributed by atoms with Gasteiger partial charge >= 0.3 is 0 Å². The third-order valence-corrected chi connectivity index (χ3v) is 5.68. The van der Waals surface area contributed by atoms with Crippen LogP contribution >= 0.6 is 11.8 Å². The van der Waals surface area contributed by atoms with Gasteiger partial charge in [0.15, 0.2) is 5.96 Å². The van der Waals surface area contributed by atoms with E-state index in [-0.39, 0.29) is 5.96 Å². The van der Waals surface area contributed by atoms with Crippen LogP contribution in [0.25, 0.3) is 0 Å². The van der Waals surface area contributed by atoms with Crippen LogP contribution in [-0.4, -0.2) is 46.9 Å². The summed E-state index contributed by atoms with van der Waals surface area (Å²) >= 11 is 1.81. The molecule has 1 aromatic heterocycles. The smallest absolute Gasteiger partial charge is 0.188 e. The van der Waals surface area contributed by atoms with Crippen LogP contribution in [0.2, 0.25) is 0 Å². The van der Waals surface area contributed by atoms with Crippen molar-refractivity contribution in [3.8, 4) is 0 Å². The number of aryl methyl sites for hydroxylation is 1. The summed E-state index contributed by atoms with van der Waals surface area (Å²) in [6, 6.07) is 12.7. The average molecular weight is 356 g/mol. The van der Waals surface area contributed by atoms with Crippen molar-refractivity contribution < 1.29 is 0 Å². The van der Waals surface area contributed by atoms with Gasteiger partial charge < -0.3 is 10.6 Å². The Bertz CT molecular complexity index is 725. The van der Waals surface area contributed by atoms with Gasteiger partial charge in [0.2, 0.25) is 0 Å². The van der Waals surface area contributed by atoms with Crippen LogP contribution in [0.5, 0.6) is 0 Å². The molecule has 3 N–H and O–H groups in total. The van der Waals surface area contributed by atoms with E-state index in [0.29, 0.717) is 0 Å². The zero-order chi connectivity index (χ0) is 17.6. The fourth-order valence-electron chi connectivity index (χ4n) is 2.98. The molecule has 0 bridgehead atoms. The fourth-order valence-corrected chi connectivity index (χ4v) is 4.05. The Hall–Kier alpha value is -2.05. The van der Waals surface area contributed by atoms with Gasteiger partial charge in [-0.1, -0.05) is 30.3 Å². The minimum absolute atomic E-state index is 0.176. The molecular formula is C19H25N5S. The molecule has 132 valence electrons. The molecule has 1 aromatic carbocycles. The molecule has 1 fully saturated rings. The molecule has 6 heteroatoms. The lowest BCUT2D eigenvalue weighted by Crippen LogP contribution is -2.50. The number of guanidine groups is 1. The number of nitrogens with two attached hydrogens (primary N) is 1. The summed E-state index contributed by atoms with van der Waals surface area (Å²) in [7, 11) is 0. The standard InChI is InChI=1S/C19H25N5S/c1-15-5-2-3-6-17(15)14-25-18-16(7-4-8-22-18)13-23-9-11-24(12-10-23)19(20)21/h2-8H,9-14H2,1H3,(H3,20,21). The molecule has 25 heavy (non-hydrogen) atoms. The van der Waals surface area contributed by atoms with Crippen LogP contribution in [0.1, 0.15) is 16.7 Å². The maximum atomic E-state index is 7.54. The van der Waals surface area contributed by atoms with Gasteiger partial charge in [-0.25, -0.2) is 4.98 Å². The summed E-state index contributed by atoms with van der Waals surface area (Å²) in [4.78, 5) is 8.94. The number of aromatic nitrogens is 1. The number of benzene rings is 1. The Morgan fingerprint density at radius 1 is 1.12 bits per heavy atom. The highest BCUT2D eigenvalue weighted by Gasteiger charge is 2.18. The van der Waals surface area contributed by atoms with E-state index in [4.69, 9.17) is 11.1 Å². The first-order chi connectivity index (χ1) is 12.1. The molecule has 5 nitrogen and oxygen atoms in total. The molecule has 2 heterocycles. The van der Waals surface area contributed by atoms with Gasteiger partial charge in [-0.2, -0.15) is 0 Å². The fraction of sp³-hybridized carbons (Fsp3) is 0.368. The third kappa shape index (κ3) is 4.74. The van der Waals surface area contributed by atoms with Crippen molar-refractivity contribution in [2.24, 2.45) is 5.73 Å². The maximum absolute atomic E-state index is 7.54. The van der Waals surface area contributed by atoms with Gasteiger partial charge in [-0.15, -0.1) is 11.8 Å². The minimum atomic E-state index is 0.176. The molecule has 1 aliphatic heterocycles. The summed E-state index contributed by atoms with van der Waals surface area (Å²) in [6.45, 7) is 6.55. The Balaban J connectivity index is 1.61. The van der Waals surface area contributed by atoms with E-state index in [1.54, 1.807) is 11.8 Å². The minimum Gasteiger partial charge on any atom is -0.370 e. The SMILES string of the molecule is Cc1ccccc1CSc1ncccc1CN1CCN(C(=N)N)CC1. The molecule has 0 spiro atoms. The van der Waals surface area contributed by atoms with Crippen molar-refractivity contribution in [2.45, 2.75) is 24.2 Å². The van der Waals surface area contributed by atoms with Crippen molar-refractivity contribution in [1.29, 1.82) is 5.41 Å². The molecule has 2 aromatic rings. The molecule has 0 aliphatic carbocycles. The zero-order valence-corrected chi connectivity index (χ0v) is 15.4. The van der Waals surface area contributed by atoms with E-state index in [2.05, 4.69) is 47.1 Å². The van der Waals surface area contributed by atoms with Crippen molar-refractivity contribution >= 4 is 17.7 Å². The van der Waals surface area contributed by atoms with Crippen molar-refractivity contribution in [1.82, 2.24) is 14.8 Å². The molecule has 1 aliphatic rings. The second-order valence-electron chi connectivity index (χ2n) is 6.33. The van der Waals surface area contributed by atoms with E-state index in [0.717, 1.165) is 43.5 Å². The first-order valence-corrected chi connectivity index (χ1v) is 9.54. The quantitative estimate of drug-likeness (QED) is 0.490. The number of nitrogens with zero attached hydrogens (tertiary/aromatic N) is 3. The van der Waals surface area contributed by atoms with Gasteiger partial charge in [0.1, 0.15) is 5.03 Å². The molecule has 3 rings (SSSR count). The lowest BCUT2D eigenvalue weighted by Gasteiger charge is -2.35. The summed E-state index contributed by atoms with van der Waals surface area (Å²) in [5.41, 5.74) is 9.54. The van der Waals surface area contributed by atoms with E-state index < -0.39 is 0 Å². The Morgan fingerprint density at radius 3 is 2.56 bits per heavy atom. The second kappa shape index (κ2) is 8.36. The molecule has 0 amide bonds. The molecule has 0 unspecified atom stereocenters. The highest BCUT2D eigenvalue weighted by Crippen LogP contribution is 2.26. The summed E-state index contributed by atoms with van der Waals surface area (Å²) in [5, 5.41) is 8.65. The van der Waals surface area contributed by atoms with Crippen molar-refractivity contribution in [2.75, 3.05) is 26.2 Å². The summed E-state index contributed by atoms with van der Waals surface area (Å²) in [5.74, 6) is 1.12. The first kappa shape index (κ1) is 17.8. The monoisotopic (exact) mass is 355 g/mol. The molecule has 0 radical (unpaired) electrons.